The Hall–Kier alpha value is -6.52. The molecule has 1 aromatic heterocycles. The Labute approximate surface area is 283 Å². The van der Waals surface area contributed by atoms with Crippen molar-refractivity contribution in [1.82, 2.24) is 9.88 Å². The standard InChI is InChI=1S/C45H30N4/c1-3-14-29(15-4-1)32-19-13-20-33(28-32)44-46-43(31-17-5-2-6-18-31)47-45(48-44)49-39-25-12-11-24-38(39)41-40-34-21-8-7-16-30(34)26-27-36(40)35-22-9-10-23-37(35)42(41)49/h1-28,44H,(H,46,47,48). The Morgan fingerprint density at radius 2 is 1.10 bits per heavy atom. The summed E-state index contributed by atoms with van der Waals surface area (Å²) in [5, 5.41) is 13.6. The number of fused-ring (bicyclic) bond motifs is 10. The highest BCUT2D eigenvalue weighted by atomic mass is 15.3. The fourth-order valence-corrected chi connectivity index (χ4v) is 7.61. The van der Waals surface area contributed by atoms with E-state index in [0.717, 1.165) is 39.5 Å². The summed E-state index contributed by atoms with van der Waals surface area (Å²) in [5.41, 5.74) is 6.60. The first-order valence-corrected chi connectivity index (χ1v) is 16.7. The minimum absolute atomic E-state index is 0.445. The molecule has 0 saturated carbocycles. The zero-order valence-electron chi connectivity index (χ0n) is 26.6. The van der Waals surface area contributed by atoms with Crippen molar-refractivity contribution < 1.29 is 0 Å². The molecule has 9 aromatic rings. The Balaban J connectivity index is 1.30. The average molecular weight is 627 g/mol. The smallest absolute Gasteiger partial charge is 0.211 e. The second kappa shape index (κ2) is 11.0. The van der Waals surface area contributed by atoms with Crippen LogP contribution in [0.1, 0.15) is 17.3 Å². The largest absolute Gasteiger partial charge is 0.310 e. The quantitative estimate of drug-likeness (QED) is 0.195. The van der Waals surface area contributed by atoms with Crippen molar-refractivity contribution in [1.29, 1.82) is 0 Å². The summed E-state index contributed by atoms with van der Waals surface area (Å²) in [5.74, 6) is 1.54. The lowest BCUT2D eigenvalue weighted by atomic mass is 9.93. The summed E-state index contributed by atoms with van der Waals surface area (Å²) >= 11 is 0. The van der Waals surface area contributed by atoms with E-state index in [4.69, 9.17) is 9.98 Å². The predicted octanol–water partition coefficient (Wildman–Crippen LogP) is 10.9. The van der Waals surface area contributed by atoms with E-state index in [1.807, 2.05) is 6.07 Å². The summed E-state index contributed by atoms with van der Waals surface area (Å²) < 4.78 is 2.33. The normalized spacial score (nSPS) is 14.7. The number of nitrogens with zero attached hydrogens (tertiary/aromatic N) is 3. The van der Waals surface area contributed by atoms with Crippen LogP contribution in [0.2, 0.25) is 0 Å². The van der Waals surface area contributed by atoms with Gasteiger partial charge in [0.2, 0.25) is 5.96 Å². The molecule has 230 valence electrons. The second-order valence-electron chi connectivity index (χ2n) is 12.6. The van der Waals surface area contributed by atoms with Crippen LogP contribution in [0.4, 0.5) is 0 Å². The molecule has 1 atom stereocenters. The molecule has 0 bridgehead atoms. The average Bonchev–Trinajstić information content (AvgIpc) is 3.54. The van der Waals surface area contributed by atoms with Gasteiger partial charge in [0.1, 0.15) is 5.84 Å². The summed E-state index contributed by atoms with van der Waals surface area (Å²) in [4.78, 5) is 10.7. The van der Waals surface area contributed by atoms with Crippen molar-refractivity contribution in [2.75, 3.05) is 0 Å². The Kier molecular flexibility index (Phi) is 6.21. The summed E-state index contributed by atoms with van der Waals surface area (Å²) in [6.07, 6.45) is -0.445. The molecular weight excluding hydrogens is 597 g/mol. The molecule has 1 aliphatic rings. The van der Waals surface area contributed by atoms with Crippen LogP contribution in [0.5, 0.6) is 0 Å². The van der Waals surface area contributed by atoms with Gasteiger partial charge in [-0.1, -0.05) is 158 Å². The molecule has 49 heavy (non-hydrogen) atoms. The molecule has 1 aliphatic heterocycles. The third-order valence-electron chi connectivity index (χ3n) is 9.80. The van der Waals surface area contributed by atoms with E-state index in [1.165, 1.54) is 48.7 Å². The first-order valence-electron chi connectivity index (χ1n) is 16.7. The van der Waals surface area contributed by atoms with Crippen molar-refractivity contribution >= 4 is 65.9 Å². The minimum atomic E-state index is -0.445. The van der Waals surface area contributed by atoms with Crippen LogP contribution < -0.4 is 5.32 Å². The molecule has 0 aliphatic carbocycles. The second-order valence-corrected chi connectivity index (χ2v) is 12.6. The first-order chi connectivity index (χ1) is 24.3. The molecular formula is C45H30N4. The maximum absolute atomic E-state index is 5.44. The molecule has 4 nitrogen and oxygen atoms in total. The number of nitrogens with one attached hydrogen (secondary N) is 1. The van der Waals surface area contributed by atoms with E-state index in [0.29, 0.717) is 0 Å². The molecule has 1 unspecified atom stereocenters. The van der Waals surface area contributed by atoms with Gasteiger partial charge in [-0.3, -0.25) is 4.57 Å². The van der Waals surface area contributed by atoms with Crippen molar-refractivity contribution in [3.05, 3.63) is 181 Å². The monoisotopic (exact) mass is 626 g/mol. The van der Waals surface area contributed by atoms with E-state index in [9.17, 15) is 0 Å². The van der Waals surface area contributed by atoms with Crippen molar-refractivity contribution in [3.8, 4) is 11.1 Å². The highest BCUT2D eigenvalue weighted by molar-refractivity contribution is 6.38. The summed E-state index contributed by atoms with van der Waals surface area (Å²) in [6.45, 7) is 0. The summed E-state index contributed by atoms with van der Waals surface area (Å²) in [6, 6.07) is 60.2. The fourth-order valence-electron chi connectivity index (χ4n) is 7.61. The zero-order chi connectivity index (χ0) is 32.3. The molecule has 10 rings (SSSR count). The zero-order valence-corrected chi connectivity index (χ0v) is 26.6. The number of aliphatic imine (C=N–C) groups is 2. The van der Waals surface area contributed by atoms with Gasteiger partial charge < -0.3 is 5.32 Å². The van der Waals surface area contributed by atoms with Crippen LogP contribution >= 0.6 is 0 Å². The van der Waals surface area contributed by atoms with Crippen LogP contribution in [-0.2, 0) is 0 Å². The van der Waals surface area contributed by atoms with Crippen molar-refractivity contribution in [2.24, 2.45) is 9.98 Å². The topological polar surface area (TPSA) is 41.7 Å². The van der Waals surface area contributed by atoms with Gasteiger partial charge in [0, 0.05) is 27.1 Å². The first kappa shape index (κ1) is 27.6. The lowest BCUT2D eigenvalue weighted by Gasteiger charge is -2.24. The van der Waals surface area contributed by atoms with E-state index >= 15 is 0 Å². The fraction of sp³-hybridized carbons (Fsp3) is 0.0222. The Morgan fingerprint density at radius 3 is 1.92 bits per heavy atom. The molecule has 0 spiro atoms. The molecule has 0 saturated heterocycles. The Bertz CT molecular complexity index is 2790. The van der Waals surface area contributed by atoms with Crippen LogP contribution in [0.3, 0.4) is 0 Å². The van der Waals surface area contributed by atoms with Gasteiger partial charge in [-0.2, -0.15) is 0 Å². The van der Waals surface area contributed by atoms with Gasteiger partial charge in [0.15, 0.2) is 6.17 Å². The number of aromatic nitrogens is 1. The van der Waals surface area contributed by atoms with Gasteiger partial charge >= 0.3 is 0 Å². The Morgan fingerprint density at radius 1 is 0.449 bits per heavy atom. The van der Waals surface area contributed by atoms with E-state index in [-0.39, 0.29) is 0 Å². The molecule has 0 amide bonds. The predicted molar refractivity (Wildman–Crippen MR) is 206 cm³/mol. The van der Waals surface area contributed by atoms with Gasteiger partial charge in [-0.25, -0.2) is 9.98 Å². The van der Waals surface area contributed by atoms with E-state index in [1.54, 1.807) is 0 Å². The highest BCUT2D eigenvalue weighted by Gasteiger charge is 2.26. The lowest BCUT2D eigenvalue weighted by molar-refractivity contribution is 0.746. The van der Waals surface area contributed by atoms with Crippen LogP contribution in [-0.4, -0.2) is 16.4 Å². The molecule has 2 heterocycles. The lowest BCUT2D eigenvalue weighted by Crippen LogP contribution is -2.39. The molecule has 0 radical (unpaired) electrons. The molecule has 1 N–H and O–H groups in total. The van der Waals surface area contributed by atoms with Gasteiger partial charge in [0.05, 0.1) is 11.0 Å². The maximum Gasteiger partial charge on any atom is 0.211 e. The molecule has 0 fully saturated rings. The van der Waals surface area contributed by atoms with Crippen molar-refractivity contribution in [2.45, 2.75) is 6.17 Å². The van der Waals surface area contributed by atoms with Gasteiger partial charge in [-0.05, 0) is 50.4 Å². The van der Waals surface area contributed by atoms with E-state index in [2.05, 4.69) is 174 Å². The number of hydrogen-bond acceptors (Lipinski definition) is 3. The number of rotatable bonds is 3. The number of benzene rings is 8. The number of para-hydroxylation sites is 1. The van der Waals surface area contributed by atoms with Gasteiger partial charge in [-0.15, -0.1) is 0 Å². The number of amidine groups is 1. The summed E-state index contributed by atoms with van der Waals surface area (Å²) in [7, 11) is 0. The van der Waals surface area contributed by atoms with Crippen LogP contribution in [0.25, 0.3) is 65.3 Å². The van der Waals surface area contributed by atoms with Crippen molar-refractivity contribution in [3.63, 3.8) is 0 Å². The third-order valence-corrected chi connectivity index (χ3v) is 9.80. The van der Waals surface area contributed by atoms with E-state index < -0.39 is 6.17 Å². The highest BCUT2D eigenvalue weighted by Crippen LogP contribution is 2.44. The molecule has 8 aromatic carbocycles. The maximum atomic E-state index is 5.44. The minimum Gasteiger partial charge on any atom is -0.310 e. The molecule has 4 heteroatoms. The third kappa shape index (κ3) is 4.38. The van der Waals surface area contributed by atoms with Gasteiger partial charge in [0.25, 0.3) is 0 Å². The number of hydrogen-bond donors (Lipinski definition) is 1. The SMILES string of the molecule is c1ccc(C2=NC(c3cccc(-c4ccccc4)c3)N=C(n3c4ccccc4c4c5c6ccccc6ccc5c5ccccc5c43)N2)cc1. The van der Waals surface area contributed by atoms with Crippen LogP contribution in [0, 0.1) is 0 Å². The van der Waals surface area contributed by atoms with Crippen LogP contribution in [0.15, 0.2) is 180 Å².